The number of Topliss-reactive ketones (excluding diaryl/α,β-unsaturated/α-hetero) is 1. The minimum Gasteiger partial charge on any atom is -0.504 e. The van der Waals surface area contributed by atoms with Crippen molar-refractivity contribution < 1.29 is 28.9 Å². The van der Waals surface area contributed by atoms with E-state index in [1.54, 1.807) is 12.1 Å². The zero-order valence-electron chi connectivity index (χ0n) is 16.0. The highest BCUT2D eigenvalue weighted by atomic mass is 32.2. The third kappa shape index (κ3) is 3.72. The number of aromatic amines is 1. The number of rotatable bonds is 5. The van der Waals surface area contributed by atoms with Gasteiger partial charge in [0.1, 0.15) is 11.1 Å². The van der Waals surface area contributed by atoms with Gasteiger partial charge in [0, 0.05) is 21.9 Å². The Labute approximate surface area is 183 Å². The van der Waals surface area contributed by atoms with Gasteiger partial charge in [-0.25, -0.2) is 4.39 Å². The molecule has 7 nitrogen and oxygen atoms in total. The van der Waals surface area contributed by atoms with E-state index < -0.39 is 39.5 Å². The molecule has 0 spiro atoms. The van der Waals surface area contributed by atoms with E-state index in [2.05, 4.69) is 4.98 Å². The number of aliphatic carboxylic acids is 1. The van der Waals surface area contributed by atoms with Crippen LogP contribution in [0.1, 0.15) is 26.7 Å². The second-order valence-corrected chi connectivity index (χ2v) is 9.02. The van der Waals surface area contributed by atoms with Crippen molar-refractivity contribution in [3.63, 3.8) is 0 Å². The minimum absolute atomic E-state index is 0.136. The minimum atomic E-state index is -1.24. The zero-order chi connectivity index (χ0) is 22.3. The van der Waals surface area contributed by atoms with Gasteiger partial charge in [0.05, 0.1) is 18.1 Å². The number of aromatic nitrogens is 1. The first-order valence-corrected chi connectivity index (χ1v) is 10.8. The van der Waals surface area contributed by atoms with Crippen molar-refractivity contribution in [2.75, 3.05) is 7.11 Å². The van der Waals surface area contributed by atoms with Crippen LogP contribution in [0.15, 0.2) is 52.3 Å². The van der Waals surface area contributed by atoms with Gasteiger partial charge in [0.2, 0.25) is 0 Å². The number of carbonyl (C=O) groups excluding carboxylic acids is 1. The molecule has 0 saturated carbocycles. The van der Waals surface area contributed by atoms with Crippen LogP contribution >= 0.6 is 23.1 Å². The van der Waals surface area contributed by atoms with Gasteiger partial charge in [-0.3, -0.25) is 14.4 Å². The fraction of sp³-hybridized carbons (Fsp3) is 0.190. The summed E-state index contributed by atoms with van der Waals surface area (Å²) >= 11 is 1.74. The van der Waals surface area contributed by atoms with Crippen LogP contribution in [0.5, 0.6) is 11.5 Å². The highest BCUT2D eigenvalue weighted by molar-refractivity contribution is 8.00. The van der Waals surface area contributed by atoms with Gasteiger partial charge in [-0.1, -0.05) is 35.2 Å². The number of hydrogen-bond donors (Lipinski definition) is 3. The van der Waals surface area contributed by atoms with Crippen LogP contribution in [0, 0.1) is 11.7 Å². The summed E-state index contributed by atoms with van der Waals surface area (Å²) < 4.78 is 18.6. The number of carboxylic acid groups (broad SMARTS) is 1. The van der Waals surface area contributed by atoms with Crippen LogP contribution in [-0.4, -0.2) is 39.3 Å². The molecule has 0 saturated heterocycles. The summed E-state index contributed by atoms with van der Waals surface area (Å²) in [6.45, 7) is 0. The van der Waals surface area contributed by atoms with Gasteiger partial charge in [0.15, 0.2) is 17.3 Å². The lowest BCUT2D eigenvalue weighted by Crippen LogP contribution is -2.39. The summed E-state index contributed by atoms with van der Waals surface area (Å²) in [5.41, 5.74) is 0.403. The maximum Gasteiger partial charge on any atom is 0.317 e. The van der Waals surface area contributed by atoms with E-state index in [9.17, 15) is 29.0 Å². The van der Waals surface area contributed by atoms with E-state index in [-0.39, 0.29) is 22.6 Å². The molecule has 2 heterocycles. The number of phenolic OH excluding ortho intramolecular Hbond substituents is 1. The first-order valence-electron chi connectivity index (χ1n) is 9.10. The topological polar surface area (TPSA) is 117 Å². The van der Waals surface area contributed by atoms with Gasteiger partial charge in [-0.15, -0.1) is 0 Å². The van der Waals surface area contributed by atoms with E-state index in [0.717, 1.165) is 35.2 Å². The van der Waals surface area contributed by atoms with Gasteiger partial charge in [0.25, 0.3) is 0 Å². The lowest BCUT2D eigenvalue weighted by atomic mass is 9.77. The highest BCUT2D eigenvalue weighted by Gasteiger charge is 2.48. The van der Waals surface area contributed by atoms with Crippen molar-refractivity contribution in [3.05, 3.63) is 74.0 Å². The molecule has 0 aliphatic carbocycles. The molecule has 2 aromatic carbocycles. The Balaban J connectivity index is 1.95. The molecule has 0 radical (unpaired) electrons. The number of phenols is 1. The number of halogens is 1. The smallest absolute Gasteiger partial charge is 0.317 e. The number of para-hydroxylation sites is 1. The number of fused-ring (bicyclic) bond motifs is 1. The van der Waals surface area contributed by atoms with Crippen LogP contribution in [0.2, 0.25) is 0 Å². The molecule has 3 atom stereocenters. The van der Waals surface area contributed by atoms with Crippen LogP contribution < -0.4 is 9.61 Å². The van der Waals surface area contributed by atoms with E-state index in [1.165, 1.54) is 25.3 Å². The number of H-pyrrole nitrogens is 1. The quantitative estimate of drug-likeness (QED) is 0.498. The molecule has 0 amide bonds. The van der Waals surface area contributed by atoms with Crippen molar-refractivity contribution in [1.29, 1.82) is 0 Å². The number of hydrogen-bond acceptors (Lipinski definition) is 7. The summed E-state index contributed by atoms with van der Waals surface area (Å²) in [5.74, 6) is -4.47. The third-order valence-electron chi connectivity index (χ3n) is 5.11. The van der Waals surface area contributed by atoms with Crippen molar-refractivity contribution in [2.24, 2.45) is 5.92 Å². The number of thioether (sulfide) groups is 1. The first-order chi connectivity index (χ1) is 14.8. The largest absolute Gasteiger partial charge is 0.504 e. The first kappa shape index (κ1) is 21.1. The van der Waals surface area contributed by atoms with Crippen molar-refractivity contribution in [3.8, 4) is 11.5 Å². The normalized spacial score (nSPS) is 20.1. The second kappa shape index (κ2) is 8.20. The molecular weight excluding hydrogens is 445 g/mol. The van der Waals surface area contributed by atoms with E-state index in [4.69, 9.17) is 4.74 Å². The monoisotopic (exact) mass is 461 g/mol. The van der Waals surface area contributed by atoms with Gasteiger partial charge in [-0.05, 0) is 30.3 Å². The highest BCUT2D eigenvalue weighted by Crippen LogP contribution is 2.52. The number of aromatic hydroxyl groups is 1. The van der Waals surface area contributed by atoms with E-state index >= 15 is 0 Å². The molecule has 0 bridgehead atoms. The molecule has 3 N–H and O–H groups in total. The molecule has 0 unspecified atom stereocenters. The molecule has 1 aliphatic rings. The number of ether oxygens (including phenoxy) is 1. The lowest BCUT2D eigenvalue weighted by Gasteiger charge is -2.34. The predicted molar refractivity (Wildman–Crippen MR) is 113 cm³/mol. The van der Waals surface area contributed by atoms with Crippen molar-refractivity contribution in [2.45, 2.75) is 16.2 Å². The van der Waals surface area contributed by atoms with Crippen LogP contribution in [-0.2, 0) is 4.79 Å². The molecule has 160 valence electrons. The van der Waals surface area contributed by atoms with Crippen molar-refractivity contribution in [1.82, 2.24) is 4.98 Å². The Hall–Kier alpha value is -3.11. The molecule has 10 heteroatoms. The Morgan fingerprint density at radius 3 is 2.52 bits per heavy atom. The van der Waals surface area contributed by atoms with Gasteiger partial charge >= 0.3 is 10.8 Å². The molecule has 31 heavy (non-hydrogen) atoms. The second-order valence-electron chi connectivity index (χ2n) is 6.86. The molecule has 1 aliphatic heterocycles. The Bertz CT molecular complexity index is 1220. The summed E-state index contributed by atoms with van der Waals surface area (Å²) in [4.78, 5) is 40.4. The van der Waals surface area contributed by atoms with Crippen LogP contribution in [0.4, 0.5) is 4.39 Å². The summed E-state index contributed by atoms with van der Waals surface area (Å²) in [6.07, 6.45) is 0. The van der Waals surface area contributed by atoms with Gasteiger partial charge in [-0.2, -0.15) is 0 Å². The SMILES string of the molecule is COc1cccc([C@@H]2c3sc(=O)[nH]c3S[C@@H](C(=O)O)[C@H]2C(=O)c2ccc(F)cc2)c1O. The summed E-state index contributed by atoms with van der Waals surface area (Å²) in [5, 5.41) is 19.8. The fourth-order valence-electron chi connectivity index (χ4n) is 3.75. The number of methoxy groups -OCH3 is 1. The number of ketones is 1. The average Bonchev–Trinajstić information content (AvgIpc) is 3.12. The Morgan fingerprint density at radius 2 is 1.87 bits per heavy atom. The zero-order valence-corrected chi connectivity index (χ0v) is 17.6. The average molecular weight is 461 g/mol. The Kier molecular flexibility index (Phi) is 5.59. The van der Waals surface area contributed by atoms with Gasteiger partial charge < -0.3 is 19.9 Å². The molecule has 1 aromatic heterocycles. The molecule has 0 fully saturated rings. The van der Waals surface area contributed by atoms with Crippen molar-refractivity contribution >= 4 is 34.9 Å². The number of nitrogens with one attached hydrogen (secondary N) is 1. The molecular formula is C21H16FNO6S2. The predicted octanol–water partition coefficient (Wildman–Crippen LogP) is 3.48. The Morgan fingerprint density at radius 1 is 1.16 bits per heavy atom. The number of carbonyl (C=O) groups is 2. The standard InChI is InChI=1S/C21H16FNO6S2/c1-29-12-4-2-3-11(16(12)25)13-14(15(24)9-5-7-10(22)8-6-9)18(20(26)27)30-19-17(13)31-21(28)23-19/h2-8,13-14,18,25H,1H3,(H,23,28)(H,26,27)/t13-,14+,18+/m0/s1. The van der Waals surface area contributed by atoms with E-state index in [0.29, 0.717) is 9.90 Å². The molecule has 3 aromatic rings. The summed E-state index contributed by atoms with van der Waals surface area (Å²) in [6, 6.07) is 9.53. The number of thiazole rings is 1. The lowest BCUT2D eigenvalue weighted by molar-refractivity contribution is -0.137. The molecule has 4 rings (SSSR count). The van der Waals surface area contributed by atoms with Crippen LogP contribution in [0.3, 0.4) is 0 Å². The summed E-state index contributed by atoms with van der Waals surface area (Å²) in [7, 11) is 1.37. The van der Waals surface area contributed by atoms with Crippen LogP contribution in [0.25, 0.3) is 0 Å². The van der Waals surface area contributed by atoms with E-state index in [1.807, 2.05) is 0 Å². The number of carboxylic acids is 1. The third-order valence-corrected chi connectivity index (χ3v) is 7.52. The maximum absolute atomic E-state index is 13.5. The number of benzene rings is 2. The maximum atomic E-state index is 13.5. The fourth-order valence-corrected chi connectivity index (χ4v) is 6.15.